The van der Waals surface area contributed by atoms with Gasteiger partial charge in [-0.05, 0) is 37.2 Å². The van der Waals surface area contributed by atoms with Gasteiger partial charge in [-0.2, -0.15) is 0 Å². The predicted molar refractivity (Wildman–Crippen MR) is 67.7 cm³/mol. The topological polar surface area (TPSA) is 59.6 Å². The Hall–Kier alpha value is -1.75. The maximum absolute atomic E-state index is 11.5. The average molecular weight is 250 g/mol. The number of benzene rings is 1. The van der Waals surface area contributed by atoms with Crippen molar-refractivity contribution in [1.29, 1.82) is 0 Å². The van der Waals surface area contributed by atoms with Crippen LogP contribution in [-0.4, -0.2) is 26.3 Å². The zero-order chi connectivity index (χ0) is 13.0. The van der Waals surface area contributed by atoms with Crippen LogP contribution in [0.15, 0.2) is 12.1 Å². The normalized spacial score (nSPS) is 12.6. The Kier molecular flexibility index (Phi) is 4.04. The van der Waals surface area contributed by atoms with Gasteiger partial charge in [-0.3, -0.25) is 4.79 Å². The number of fused-ring (bicyclic) bond motifs is 1. The summed E-state index contributed by atoms with van der Waals surface area (Å²) in [6.07, 6.45) is 0.486. The Morgan fingerprint density at radius 2 is 2.06 bits per heavy atom. The molecule has 1 amide bonds. The largest absolute Gasteiger partial charge is 0.454 e. The number of ether oxygens (including phenoxy) is 2. The molecule has 5 heteroatoms. The summed E-state index contributed by atoms with van der Waals surface area (Å²) < 4.78 is 10.6. The Balaban J connectivity index is 1.95. The fourth-order valence-electron chi connectivity index (χ4n) is 1.80. The average Bonchev–Trinajstić information content (AvgIpc) is 2.80. The Morgan fingerprint density at radius 1 is 1.33 bits per heavy atom. The molecular weight excluding hydrogens is 232 g/mol. The molecule has 0 atom stereocenters. The molecule has 0 spiro atoms. The number of carbonyl (C=O) groups is 1. The molecule has 0 aromatic heterocycles. The molecule has 0 saturated heterocycles. The van der Waals surface area contributed by atoms with Crippen LogP contribution in [0, 0.1) is 6.92 Å². The van der Waals surface area contributed by atoms with E-state index in [1.807, 2.05) is 26.1 Å². The summed E-state index contributed by atoms with van der Waals surface area (Å²) in [5.74, 6) is 1.57. The Bertz CT molecular complexity index is 446. The smallest absolute Gasteiger partial charge is 0.231 e. The number of hydrogen-bond acceptors (Lipinski definition) is 4. The van der Waals surface area contributed by atoms with Crippen molar-refractivity contribution in [3.63, 3.8) is 0 Å². The van der Waals surface area contributed by atoms with E-state index in [0.29, 0.717) is 19.5 Å². The molecule has 5 nitrogen and oxygen atoms in total. The van der Waals surface area contributed by atoms with Crippen molar-refractivity contribution in [2.75, 3.05) is 20.4 Å². The minimum absolute atomic E-state index is 0.0430. The molecule has 0 unspecified atom stereocenters. The molecule has 98 valence electrons. The predicted octanol–water partition coefficient (Wildman–Crippen LogP) is 0.949. The van der Waals surface area contributed by atoms with Crippen LogP contribution in [0.5, 0.6) is 11.5 Å². The van der Waals surface area contributed by atoms with Crippen molar-refractivity contribution in [3.05, 3.63) is 23.3 Å². The first-order valence-corrected chi connectivity index (χ1v) is 6.01. The molecule has 2 N–H and O–H groups in total. The first-order chi connectivity index (χ1) is 8.70. The van der Waals surface area contributed by atoms with Crippen LogP contribution in [0.3, 0.4) is 0 Å². The van der Waals surface area contributed by atoms with Gasteiger partial charge in [-0.1, -0.05) is 0 Å². The molecule has 0 aliphatic carbocycles. The van der Waals surface area contributed by atoms with Crippen LogP contribution >= 0.6 is 0 Å². The first kappa shape index (κ1) is 12.7. The lowest BCUT2D eigenvalue weighted by atomic mass is 10.1. The van der Waals surface area contributed by atoms with E-state index < -0.39 is 0 Å². The third kappa shape index (κ3) is 2.92. The van der Waals surface area contributed by atoms with E-state index in [9.17, 15) is 4.79 Å². The van der Waals surface area contributed by atoms with Crippen molar-refractivity contribution < 1.29 is 14.3 Å². The van der Waals surface area contributed by atoms with Crippen LogP contribution in [0.2, 0.25) is 0 Å². The molecule has 1 heterocycles. The highest BCUT2D eigenvalue weighted by molar-refractivity contribution is 5.76. The van der Waals surface area contributed by atoms with E-state index in [0.717, 1.165) is 22.6 Å². The van der Waals surface area contributed by atoms with Crippen LogP contribution < -0.4 is 20.1 Å². The zero-order valence-corrected chi connectivity index (χ0v) is 10.7. The van der Waals surface area contributed by atoms with Crippen LogP contribution in [0.4, 0.5) is 0 Å². The third-order valence-electron chi connectivity index (χ3n) is 2.91. The number of rotatable bonds is 5. The molecule has 1 aromatic rings. The quantitative estimate of drug-likeness (QED) is 0.817. The minimum Gasteiger partial charge on any atom is -0.454 e. The maximum atomic E-state index is 11.5. The second-order valence-electron chi connectivity index (χ2n) is 4.26. The monoisotopic (exact) mass is 250 g/mol. The molecule has 18 heavy (non-hydrogen) atoms. The molecule has 0 fully saturated rings. The van der Waals surface area contributed by atoms with Gasteiger partial charge in [0.05, 0.1) is 0 Å². The molecule has 2 rings (SSSR count). The van der Waals surface area contributed by atoms with Gasteiger partial charge in [-0.15, -0.1) is 0 Å². The van der Waals surface area contributed by atoms with E-state index in [1.165, 1.54) is 0 Å². The zero-order valence-electron chi connectivity index (χ0n) is 10.7. The molecule has 0 saturated carbocycles. The molecule has 1 aliphatic heterocycles. The van der Waals surface area contributed by atoms with Gasteiger partial charge in [0.2, 0.25) is 12.7 Å². The maximum Gasteiger partial charge on any atom is 0.231 e. The number of hydrogen-bond donors (Lipinski definition) is 2. The summed E-state index contributed by atoms with van der Waals surface area (Å²) >= 11 is 0. The SMILES string of the molecule is CNCCC(=O)NCc1cc2c(cc1C)OCO2. The van der Waals surface area contributed by atoms with E-state index in [-0.39, 0.29) is 12.7 Å². The molecule has 1 aromatic carbocycles. The highest BCUT2D eigenvalue weighted by Crippen LogP contribution is 2.34. The van der Waals surface area contributed by atoms with Crippen molar-refractivity contribution in [3.8, 4) is 11.5 Å². The van der Waals surface area contributed by atoms with Crippen molar-refractivity contribution in [1.82, 2.24) is 10.6 Å². The van der Waals surface area contributed by atoms with Gasteiger partial charge < -0.3 is 20.1 Å². The summed E-state index contributed by atoms with van der Waals surface area (Å²) in [4.78, 5) is 11.5. The summed E-state index contributed by atoms with van der Waals surface area (Å²) in [6.45, 7) is 3.47. The standard InChI is InChI=1S/C13H18N2O3/c1-9-5-11-12(18-8-17-11)6-10(9)7-15-13(16)3-4-14-2/h5-6,14H,3-4,7-8H2,1-2H3,(H,15,16). The second-order valence-corrected chi connectivity index (χ2v) is 4.26. The van der Waals surface area contributed by atoms with Gasteiger partial charge in [0.25, 0.3) is 0 Å². The number of nitrogens with one attached hydrogen (secondary N) is 2. The van der Waals surface area contributed by atoms with Crippen molar-refractivity contribution >= 4 is 5.91 Å². The number of aryl methyl sites for hydroxylation is 1. The number of amides is 1. The van der Waals surface area contributed by atoms with Gasteiger partial charge in [0.1, 0.15) is 0 Å². The van der Waals surface area contributed by atoms with E-state index in [2.05, 4.69) is 10.6 Å². The van der Waals surface area contributed by atoms with E-state index in [4.69, 9.17) is 9.47 Å². The number of carbonyl (C=O) groups excluding carboxylic acids is 1. The highest BCUT2D eigenvalue weighted by Gasteiger charge is 2.15. The molecular formula is C13H18N2O3. The molecule has 1 aliphatic rings. The van der Waals surface area contributed by atoms with Gasteiger partial charge in [-0.25, -0.2) is 0 Å². The first-order valence-electron chi connectivity index (χ1n) is 6.01. The summed E-state index contributed by atoms with van der Waals surface area (Å²) in [5, 5.41) is 5.84. The fourth-order valence-corrected chi connectivity index (χ4v) is 1.80. The Morgan fingerprint density at radius 3 is 2.78 bits per heavy atom. The van der Waals surface area contributed by atoms with Gasteiger partial charge >= 0.3 is 0 Å². The fraction of sp³-hybridized carbons (Fsp3) is 0.462. The van der Waals surface area contributed by atoms with Gasteiger partial charge in [0.15, 0.2) is 11.5 Å². The third-order valence-corrected chi connectivity index (χ3v) is 2.91. The lowest BCUT2D eigenvalue weighted by Crippen LogP contribution is -2.26. The van der Waals surface area contributed by atoms with Crippen LogP contribution in [0.25, 0.3) is 0 Å². The lowest BCUT2D eigenvalue weighted by Gasteiger charge is -2.09. The van der Waals surface area contributed by atoms with Crippen LogP contribution in [0.1, 0.15) is 17.5 Å². The second kappa shape index (κ2) is 5.73. The van der Waals surface area contributed by atoms with E-state index in [1.54, 1.807) is 0 Å². The summed E-state index contributed by atoms with van der Waals surface area (Å²) in [6, 6.07) is 3.87. The summed E-state index contributed by atoms with van der Waals surface area (Å²) in [7, 11) is 1.83. The van der Waals surface area contributed by atoms with E-state index >= 15 is 0 Å². The van der Waals surface area contributed by atoms with Crippen molar-refractivity contribution in [2.45, 2.75) is 19.9 Å². The Labute approximate surface area is 106 Å². The van der Waals surface area contributed by atoms with Crippen LogP contribution in [-0.2, 0) is 11.3 Å². The van der Waals surface area contributed by atoms with Gasteiger partial charge in [0, 0.05) is 19.5 Å². The molecule has 0 bridgehead atoms. The molecule has 0 radical (unpaired) electrons. The minimum atomic E-state index is 0.0430. The summed E-state index contributed by atoms with van der Waals surface area (Å²) in [5.41, 5.74) is 2.14. The lowest BCUT2D eigenvalue weighted by molar-refractivity contribution is -0.121. The highest BCUT2D eigenvalue weighted by atomic mass is 16.7. The van der Waals surface area contributed by atoms with Crippen molar-refractivity contribution in [2.24, 2.45) is 0 Å².